The predicted octanol–water partition coefficient (Wildman–Crippen LogP) is 1.71. The number of halogens is 1. The van der Waals surface area contributed by atoms with Gasteiger partial charge in [-0.2, -0.15) is 0 Å². The number of amides is 2. The van der Waals surface area contributed by atoms with Crippen molar-refractivity contribution < 1.29 is 18.7 Å². The van der Waals surface area contributed by atoms with E-state index in [1.54, 1.807) is 30.5 Å². The molecule has 3 N–H and O–H groups in total. The van der Waals surface area contributed by atoms with Crippen molar-refractivity contribution in [2.75, 3.05) is 25.1 Å². The third-order valence-corrected chi connectivity index (χ3v) is 4.87. The number of benzene rings is 1. The maximum absolute atomic E-state index is 13.5. The van der Waals surface area contributed by atoms with E-state index in [9.17, 15) is 9.18 Å². The molecule has 0 spiro atoms. The van der Waals surface area contributed by atoms with Gasteiger partial charge in [0.15, 0.2) is 0 Å². The molecule has 9 heteroatoms. The van der Waals surface area contributed by atoms with Gasteiger partial charge in [0.05, 0.1) is 31.0 Å². The van der Waals surface area contributed by atoms with Gasteiger partial charge in [0.25, 0.3) is 0 Å². The van der Waals surface area contributed by atoms with Crippen LogP contribution in [0.2, 0.25) is 0 Å². The van der Waals surface area contributed by atoms with Crippen molar-refractivity contribution >= 4 is 12.0 Å². The number of rotatable bonds is 6. The molecule has 2 aromatic rings. The lowest BCUT2D eigenvalue weighted by atomic mass is 10.1. The zero-order chi connectivity index (χ0) is 20.2. The summed E-state index contributed by atoms with van der Waals surface area (Å²) < 4.78 is 25.2. The Labute approximate surface area is 167 Å². The number of nitrogens with one attached hydrogen (secondary N) is 3. The van der Waals surface area contributed by atoms with Gasteiger partial charge in [-0.25, -0.2) is 19.2 Å². The molecule has 2 aliphatic heterocycles. The summed E-state index contributed by atoms with van der Waals surface area (Å²) in [5, 5.41) is 8.78. The largest absolute Gasteiger partial charge is 0.371 e. The van der Waals surface area contributed by atoms with Crippen LogP contribution in [-0.4, -0.2) is 60.0 Å². The fourth-order valence-corrected chi connectivity index (χ4v) is 3.53. The quantitative estimate of drug-likeness (QED) is 0.640. The second-order valence-electron chi connectivity index (χ2n) is 6.87. The highest BCUT2D eigenvalue weighted by Gasteiger charge is 2.48. The molecule has 2 saturated heterocycles. The summed E-state index contributed by atoms with van der Waals surface area (Å²) in [7, 11) is 0. The highest BCUT2D eigenvalue weighted by Crippen LogP contribution is 2.29. The highest BCUT2D eigenvalue weighted by molar-refractivity contribution is 5.74. The van der Waals surface area contributed by atoms with Crippen molar-refractivity contribution in [3.63, 3.8) is 0 Å². The molecule has 2 amide bonds. The maximum Gasteiger partial charge on any atom is 0.315 e. The van der Waals surface area contributed by atoms with Crippen LogP contribution in [-0.2, 0) is 9.47 Å². The van der Waals surface area contributed by atoms with Gasteiger partial charge in [-0.1, -0.05) is 18.2 Å². The molecule has 1 aromatic carbocycles. The Bertz CT molecular complexity index is 896. The highest BCUT2D eigenvalue weighted by atomic mass is 19.1. The van der Waals surface area contributed by atoms with Gasteiger partial charge >= 0.3 is 6.03 Å². The number of hydrogen-bond donors (Lipinski definition) is 3. The van der Waals surface area contributed by atoms with Gasteiger partial charge in [-0.3, -0.25) is 0 Å². The van der Waals surface area contributed by atoms with Crippen LogP contribution < -0.4 is 16.0 Å². The minimum atomic E-state index is -0.322. The summed E-state index contributed by atoms with van der Waals surface area (Å²) in [5.74, 6) is 0.0856. The maximum atomic E-state index is 13.5. The number of urea groups is 1. The minimum absolute atomic E-state index is 0.161. The lowest BCUT2D eigenvalue weighted by Gasteiger charge is -2.18. The smallest absolute Gasteiger partial charge is 0.315 e. The Morgan fingerprint density at radius 2 is 2.03 bits per heavy atom. The first-order valence-corrected chi connectivity index (χ1v) is 9.38. The molecule has 0 bridgehead atoms. The zero-order valence-electron chi connectivity index (χ0n) is 15.7. The van der Waals surface area contributed by atoms with Crippen LogP contribution in [0.1, 0.15) is 0 Å². The van der Waals surface area contributed by atoms with E-state index in [0.29, 0.717) is 37.0 Å². The first-order valence-electron chi connectivity index (χ1n) is 9.38. The van der Waals surface area contributed by atoms with Crippen LogP contribution in [0.3, 0.4) is 0 Å². The van der Waals surface area contributed by atoms with Crippen molar-refractivity contribution in [2.24, 2.45) is 0 Å². The second kappa shape index (κ2) is 8.54. The number of nitrogens with zero attached hydrogens (tertiary/aromatic N) is 2. The number of carbonyl (C=O) groups is 1. The molecule has 29 heavy (non-hydrogen) atoms. The van der Waals surface area contributed by atoms with Crippen LogP contribution in [0.5, 0.6) is 0 Å². The van der Waals surface area contributed by atoms with Crippen molar-refractivity contribution in [3.05, 3.63) is 55.0 Å². The lowest BCUT2D eigenvalue weighted by molar-refractivity contribution is 0.0682. The van der Waals surface area contributed by atoms with Crippen LogP contribution in [0.4, 0.5) is 15.1 Å². The van der Waals surface area contributed by atoms with E-state index in [-0.39, 0.29) is 36.1 Å². The van der Waals surface area contributed by atoms with Crippen LogP contribution in [0, 0.1) is 5.82 Å². The molecule has 4 rings (SSSR count). The monoisotopic (exact) mass is 399 g/mol. The molecule has 0 unspecified atom stereocenters. The van der Waals surface area contributed by atoms with E-state index >= 15 is 0 Å². The Morgan fingerprint density at radius 3 is 2.83 bits per heavy atom. The summed E-state index contributed by atoms with van der Waals surface area (Å²) >= 11 is 0. The molecular weight excluding hydrogens is 377 g/mol. The fraction of sp³-hybridized carbons (Fsp3) is 0.350. The van der Waals surface area contributed by atoms with Crippen molar-refractivity contribution in [2.45, 2.75) is 24.3 Å². The zero-order valence-corrected chi connectivity index (χ0v) is 15.7. The first kappa shape index (κ1) is 19.3. The number of anilines is 1. The van der Waals surface area contributed by atoms with E-state index in [4.69, 9.17) is 9.47 Å². The Morgan fingerprint density at radius 1 is 1.24 bits per heavy atom. The summed E-state index contributed by atoms with van der Waals surface area (Å²) in [4.78, 5) is 20.6. The van der Waals surface area contributed by atoms with Crippen molar-refractivity contribution in [1.82, 2.24) is 20.6 Å². The van der Waals surface area contributed by atoms with E-state index in [1.165, 1.54) is 12.1 Å². The van der Waals surface area contributed by atoms with E-state index in [2.05, 4.69) is 32.5 Å². The molecular formula is C20H22FN5O3. The van der Waals surface area contributed by atoms with E-state index in [0.717, 1.165) is 0 Å². The SMILES string of the molecule is C=CCNC(=O)N[C@@H]1CO[C@@H]2[C@@H]1OC[C@@H]2Nc1nccc(-c2cccc(F)c2)n1. The average Bonchev–Trinajstić information content (AvgIpc) is 3.30. The van der Waals surface area contributed by atoms with Crippen LogP contribution in [0.15, 0.2) is 49.2 Å². The molecule has 2 aliphatic rings. The summed E-state index contributed by atoms with van der Waals surface area (Å²) in [5.41, 5.74) is 1.28. The third-order valence-electron chi connectivity index (χ3n) is 4.87. The number of fused-ring (bicyclic) bond motifs is 1. The average molecular weight is 399 g/mol. The standard InChI is InChI=1S/C20H22FN5O3/c1-2-7-23-20(27)26-16-11-29-17-15(10-28-18(16)17)25-19-22-8-6-14(24-19)12-4-3-5-13(21)9-12/h2-6,8-9,15-18H,1,7,10-11H2,(H,22,24,25)(H2,23,26,27)/t15-,16+,17-,18+/m0/s1. The topological polar surface area (TPSA) is 97.4 Å². The lowest BCUT2D eigenvalue weighted by Crippen LogP contribution is -2.48. The Balaban J connectivity index is 1.40. The number of carbonyl (C=O) groups excluding carboxylic acids is 1. The molecule has 8 nitrogen and oxygen atoms in total. The third kappa shape index (κ3) is 4.36. The van der Waals surface area contributed by atoms with Crippen LogP contribution in [0.25, 0.3) is 11.3 Å². The minimum Gasteiger partial charge on any atom is -0.371 e. The Kier molecular flexibility index (Phi) is 5.68. The summed E-state index contributed by atoms with van der Waals surface area (Å²) in [6.45, 7) is 4.71. The summed E-state index contributed by atoms with van der Waals surface area (Å²) in [6.07, 6.45) is 2.74. The van der Waals surface area contributed by atoms with Crippen molar-refractivity contribution in [3.8, 4) is 11.3 Å². The van der Waals surface area contributed by atoms with E-state index < -0.39 is 0 Å². The number of hydrogen-bond acceptors (Lipinski definition) is 6. The summed E-state index contributed by atoms with van der Waals surface area (Å²) in [6, 6.07) is 7.28. The molecule has 0 aliphatic carbocycles. The van der Waals surface area contributed by atoms with Gasteiger partial charge in [0, 0.05) is 18.3 Å². The second-order valence-corrected chi connectivity index (χ2v) is 6.87. The first-order chi connectivity index (χ1) is 14.1. The number of ether oxygens (including phenoxy) is 2. The molecule has 1 aromatic heterocycles. The molecule has 0 saturated carbocycles. The molecule has 2 fully saturated rings. The normalized spacial score (nSPS) is 25.3. The van der Waals surface area contributed by atoms with Gasteiger partial charge in [-0.15, -0.1) is 6.58 Å². The van der Waals surface area contributed by atoms with Crippen LogP contribution >= 0.6 is 0 Å². The van der Waals surface area contributed by atoms with Gasteiger partial charge in [-0.05, 0) is 18.2 Å². The van der Waals surface area contributed by atoms with E-state index in [1.807, 2.05) is 0 Å². The molecule has 152 valence electrons. The van der Waals surface area contributed by atoms with Gasteiger partial charge in [0.1, 0.15) is 18.0 Å². The van der Waals surface area contributed by atoms with Gasteiger partial charge < -0.3 is 25.4 Å². The molecule has 4 atom stereocenters. The molecule has 3 heterocycles. The molecule has 0 radical (unpaired) electrons. The fourth-order valence-electron chi connectivity index (χ4n) is 3.53. The van der Waals surface area contributed by atoms with Gasteiger partial charge in [0.2, 0.25) is 5.95 Å². The predicted molar refractivity (Wildman–Crippen MR) is 105 cm³/mol. The Hall–Kier alpha value is -3.04. The van der Waals surface area contributed by atoms with Crippen molar-refractivity contribution in [1.29, 1.82) is 0 Å². The number of aromatic nitrogens is 2.